The number of carbonyl (C=O) groups is 1. The van der Waals surface area contributed by atoms with Crippen LogP contribution in [-0.2, 0) is 21.0 Å². The molecule has 0 fully saturated rings. The Morgan fingerprint density at radius 1 is 1.07 bits per heavy atom. The molecular weight excluding hydrogens is 395 g/mol. The van der Waals surface area contributed by atoms with E-state index in [1.165, 1.54) is 0 Å². The first-order valence-corrected chi connectivity index (χ1v) is 9.12. The van der Waals surface area contributed by atoms with Crippen LogP contribution in [-0.4, -0.2) is 27.1 Å². The first kappa shape index (κ1) is 20.6. The molecule has 0 bridgehead atoms. The van der Waals surface area contributed by atoms with Gasteiger partial charge in [-0.25, -0.2) is 17.2 Å². The van der Waals surface area contributed by atoms with Gasteiger partial charge in [-0.3, -0.25) is 9.10 Å². The molecule has 0 saturated heterocycles. The Kier molecular flexibility index (Phi) is 5.73. The Bertz CT molecular complexity index is 944. The molecule has 0 aliphatic carbocycles. The van der Waals surface area contributed by atoms with Gasteiger partial charge in [0.2, 0.25) is 15.9 Å². The maximum absolute atomic E-state index is 13.9. The lowest BCUT2D eigenvalue weighted by atomic mass is 10.2. The van der Waals surface area contributed by atoms with Crippen molar-refractivity contribution in [3.05, 3.63) is 59.7 Å². The molecule has 146 valence electrons. The van der Waals surface area contributed by atoms with Crippen LogP contribution < -0.4 is 9.62 Å². The first-order chi connectivity index (χ1) is 12.4. The summed E-state index contributed by atoms with van der Waals surface area (Å²) in [5.41, 5.74) is -1.48. The Morgan fingerprint density at radius 2 is 1.67 bits per heavy atom. The molecule has 2 rings (SSSR count). The number of carbonyl (C=O) groups excluding carboxylic acids is 1. The highest BCUT2D eigenvalue weighted by atomic mass is 32.2. The number of amides is 1. The number of alkyl halides is 3. The van der Waals surface area contributed by atoms with Gasteiger partial charge in [0.05, 0.1) is 17.5 Å². The van der Waals surface area contributed by atoms with E-state index in [4.69, 9.17) is 0 Å². The van der Waals surface area contributed by atoms with E-state index in [2.05, 4.69) is 5.32 Å². The second-order valence-electron chi connectivity index (χ2n) is 5.49. The van der Waals surface area contributed by atoms with Crippen LogP contribution in [0, 0.1) is 11.6 Å². The molecule has 11 heteroatoms. The van der Waals surface area contributed by atoms with Gasteiger partial charge in [0.25, 0.3) is 0 Å². The van der Waals surface area contributed by atoms with Crippen molar-refractivity contribution in [2.24, 2.45) is 0 Å². The molecule has 0 saturated carbocycles. The second kappa shape index (κ2) is 7.51. The minimum absolute atomic E-state index is 0.0129. The van der Waals surface area contributed by atoms with Gasteiger partial charge in [0.15, 0.2) is 0 Å². The van der Waals surface area contributed by atoms with Crippen LogP contribution in [0.3, 0.4) is 0 Å². The molecule has 1 N–H and O–H groups in total. The standard InChI is InChI=1S/C16H13F5N2O3S/c1-27(25,26)23(14-7-4-11(17)8-13(14)18)9-15(24)22-12-5-2-10(3-6-12)16(19,20)21/h2-8H,9H2,1H3,(H,22,24). The van der Waals surface area contributed by atoms with Crippen LogP contribution >= 0.6 is 0 Å². The summed E-state index contributed by atoms with van der Waals surface area (Å²) in [6.07, 6.45) is -3.82. The third-order valence-corrected chi connectivity index (χ3v) is 4.49. The van der Waals surface area contributed by atoms with E-state index in [1.54, 1.807) is 0 Å². The normalized spacial score (nSPS) is 11.9. The summed E-state index contributed by atoms with van der Waals surface area (Å²) >= 11 is 0. The Hall–Kier alpha value is -2.69. The number of hydrogen-bond donors (Lipinski definition) is 1. The summed E-state index contributed by atoms with van der Waals surface area (Å²) in [5.74, 6) is -3.05. The lowest BCUT2D eigenvalue weighted by molar-refractivity contribution is -0.137. The Labute approximate surface area is 151 Å². The minimum atomic E-state index is -4.55. The van der Waals surface area contributed by atoms with E-state index >= 15 is 0 Å². The molecule has 0 heterocycles. The monoisotopic (exact) mass is 408 g/mol. The van der Waals surface area contributed by atoms with Crippen molar-refractivity contribution in [3.63, 3.8) is 0 Å². The maximum Gasteiger partial charge on any atom is 0.416 e. The molecule has 2 aromatic rings. The Morgan fingerprint density at radius 3 is 2.15 bits per heavy atom. The highest BCUT2D eigenvalue weighted by Crippen LogP contribution is 2.30. The molecule has 0 unspecified atom stereocenters. The smallest absolute Gasteiger partial charge is 0.325 e. The summed E-state index contributed by atoms with van der Waals surface area (Å²) in [6, 6.07) is 5.60. The van der Waals surface area contributed by atoms with E-state index in [0.29, 0.717) is 10.4 Å². The maximum atomic E-state index is 13.9. The largest absolute Gasteiger partial charge is 0.416 e. The van der Waals surface area contributed by atoms with E-state index in [-0.39, 0.29) is 5.69 Å². The molecule has 1 amide bonds. The van der Waals surface area contributed by atoms with Crippen LogP contribution in [0.25, 0.3) is 0 Å². The Balaban J connectivity index is 2.20. The van der Waals surface area contributed by atoms with Gasteiger partial charge >= 0.3 is 6.18 Å². The van der Waals surface area contributed by atoms with Crippen molar-refractivity contribution in [2.45, 2.75) is 6.18 Å². The lowest BCUT2D eigenvalue weighted by Gasteiger charge is -2.22. The van der Waals surface area contributed by atoms with Gasteiger partial charge < -0.3 is 5.32 Å². The molecule has 0 aliphatic heterocycles. The fourth-order valence-electron chi connectivity index (χ4n) is 2.14. The van der Waals surface area contributed by atoms with E-state index in [1.807, 2.05) is 0 Å². The lowest BCUT2D eigenvalue weighted by Crippen LogP contribution is -2.38. The van der Waals surface area contributed by atoms with Gasteiger partial charge in [-0.2, -0.15) is 13.2 Å². The van der Waals surface area contributed by atoms with Crippen molar-refractivity contribution < 1.29 is 35.2 Å². The van der Waals surface area contributed by atoms with Gasteiger partial charge in [-0.05, 0) is 36.4 Å². The first-order valence-electron chi connectivity index (χ1n) is 7.28. The predicted molar refractivity (Wildman–Crippen MR) is 88.6 cm³/mol. The molecule has 27 heavy (non-hydrogen) atoms. The van der Waals surface area contributed by atoms with Gasteiger partial charge in [0, 0.05) is 11.8 Å². The number of nitrogens with zero attached hydrogens (tertiary/aromatic N) is 1. The molecular formula is C16H13F5N2O3S. The highest BCUT2D eigenvalue weighted by molar-refractivity contribution is 7.92. The summed E-state index contributed by atoms with van der Waals surface area (Å²) in [6.45, 7) is -0.859. The minimum Gasteiger partial charge on any atom is -0.325 e. The molecule has 2 aromatic carbocycles. The predicted octanol–water partition coefficient (Wildman–Crippen LogP) is 3.39. The zero-order valence-electron chi connectivity index (χ0n) is 13.7. The number of sulfonamides is 1. The topological polar surface area (TPSA) is 66.5 Å². The summed E-state index contributed by atoms with van der Waals surface area (Å²) < 4.78 is 88.6. The molecule has 0 spiro atoms. The summed E-state index contributed by atoms with van der Waals surface area (Å²) in [7, 11) is -4.11. The van der Waals surface area contributed by atoms with Gasteiger partial charge in [0.1, 0.15) is 18.2 Å². The third-order valence-electron chi connectivity index (χ3n) is 3.36. The van der Waals surface area contributed by atoms with Crippen molar-refractivity contribution in [3.8, 4) is 0 Å². The number of nitrogens with one attached hydrogen (secondary N) is 1. The van der Waals surface area contributed by atoms with Crippen LogP contribution in [0.1, 0.15) is 5.56 Å². The molecule has 0 atom stereocenters. The van der Waals surface area contributed by atoms with Crippen LogP contribution in [0.5, 0.6) is 0 Å². The number of rotatable bonds is 5. The van der Waals surface area contributed by atoms with E-state index in [0.717, 1.165) is 42.7 Å². The zero-order valence-corrected chi connectivity index (χ0v) is 14.5. The van der Waals surface area contributed by atoms with Crippen LogP contribution in [0.15, 0.2) is 42.5 Å². The SMILES string of the molecule is CS(=O)(=O)N(CC(=O)Nc1ccc(C(F)(F)F)cc1)c1ccc(F)cc1F. The van der Waals surface area contributed by atoms with Crippen molar-refractivity contribution in [1.29, 1.82) is 0 Å². The zero-order chi connectivity index (χ0) is 20.4. The fourth-order valence-corrected chi connectivity index (χ4v) is 3.00. The number of halogens is 5. The van der Waals surface area contributed by atoms with Crippen LogP contribution in [0.2, 0.25) is 0 Å². The van der Waals surface area contributed by atoms with Gasteiger partial charge in [-0.1, -0.05) is 0 Å². The van der Waals surface area contributed by atoms with Crippen molar-refractivity contribution >= 4 is 27.3 Å². The molecule has 0 aliphatic rings. The average molecular weight is 408 g/mol. The molecule has 0 radical (unpaired) electrons. The summed E-state index contributed by atoms with van der Waals surface area (Å²) in [5, 5.41) is 2.21. The number of anilines is 2. The number of hydrogen-bond acceptors (Lipinski definition) is 3. The van der Waals surface area contributed by atoms with Crippen molar-refractivity contribution in [2.75, 3.05) is 22.4 Å². The van der Waals surface area contributed by atoms with E-state index < -0.39 is 51.5 Å². The van der Waals surface area contributed by atoms with Crippen molar-refractivity contribution in [1.82, 2.24) is 0 Å². The molecule has 0 aromatic heterocycles. The summed E-state index contributed by atoms with van der Waals surface area (Å²) in [4.78, 5) is 12.1. The molecule has 5 nitrogen and oxygen atoms in total. The average Bonchev–Trinajstić information content (AvgIpc) is 2.52. The van der Waals surface area contributed by atoms with Gasteiger partial charge in [-0.15, -0.1) is 0 Å². The van der Waals surface area contributed by atoms with E-state index in [9.17, 15) is 35.2 Å². The number of benzene rings is 2. The fraction of sp³-hybridized carbons (Fsp3) is 0.188. The van der Waals surface area contributed by atoms with Crippen LogP contribution in [0.4, 0.5) is 33.3 Å². The third kappa shape index (κ3) is 5.39. The highest BCUT2D eigenvalue weighted by Gasteiger charge is 2.30. The quantitative estimate of drug-likeness (QED) is 0.772. The second-order valence-corrected chi connectivity index (χ2v) is 7.40.